The summed E-state index contributed by atoms with van der Waals surface area (Å²) in [5.74, 6) is -0.0426. The average molecular weight is 280 g/mol. The predicted octanol–water partition coefficient (Wildman–Crippen LogP) is 1.90. The van der Waals surface area contributed by atoms with E-state index in [1.807, 2.05) is 48.0 Å². The van der Waals surface area contributed by atoms with Gasteiger partial charge in [-0.15, -0.1) is 0 Å². The van der Waals surface area contributed by atoms with Crippen LogP contribution in [0.25, 0.3) is 5.65 Å². The molecule has 0 radical (unpaired) electrons. The second-order valence-electron chi connectivity index (χ2n) is 5.02. The molecule has 0 aliphatic rings. The van der Waals surface area contributed by atoms with Gasteiger partial charge in [0.1, 0.15) is 5.65 Å². The average Bonchev–Trinajstić information content (AvgIpc) is 2.87. The van der Waals surface area contributed by atoms with Crippen molar-refractivity contribution in [1.82, 2.24) is 19.7 Å². The Hall–Kier alpha value is -2.69. The molecule has 0 aromatic carbocycles. The summed E-state index contributed by atoms with van der Waals surface area (Å²) in [6.07, 6.45) is 7.58. The van der Waals surface area contributed by atoms with Crippen LogP contribution in [0, 0.1) is 6.92 Å². The van der Waals surface area contributed by atoms with E-state index in [9.17, 15) is 4.79 Å². The van der Waals surface area contributed by atoms with Crippen molar-refractivity contribution in [3.05, 3.63) is 65.9 Å². The molecule has 0 saturated heterocycles. The molecule has 0 unspecified atom stereocenters. The zero-order chi connectivity index (χ0) is 14.7. The Balaban J connectivity index is 1.63. The molecule has 0 saturated carbocycles. The summed E-state index contributed by atoms with van der Waals surface area (Å²) in [4.78, 5) is 20.4. The van der Waals surface area contributed by atoms with Gasteiger partial charge in [0.25, 0.3) is 0 Å². The molecule has 0 aliphatic carbocycles. The maximum Gasteiger partial charge on any atom is 0.226 e. The van der Waals surface area contributed by atoms with Crippen LogP contribution in [0.4, 0.5) is 0 Å². The van der Waals surface area contributed by atoms with Crippen molar-refractivity contribution >= 4 is 11.6 Å². The Morgan fingerprint density at radius 3 is 3.10 bits per heavy atom. The topological polar surface area (TPSA) is 59.3 Å². The van der Waals surface area contributed by atoms with Gasteiger partial charge in [-0.05, 0) is 36.2 Å². The van der Waals surface area contributed by atoms with Gasteiger partial charge in [-0.25, -0.2) is 4.98 Å². The molecule has 1 N–H and O–H groups in total. The number of imidazole rings is 1. The highest BCUT2D eigenvalue weighted by Crippen LogP contribution is 2.08. The van der Waals surface area contributed by atoms with E-state index in [0.717, 1.165) is 22.5 Å². The number of aryl methyl sites for hydroxylation is 1. The fourth-order valence-corrected chi connectivity index (χ4v) is 2.15. The Morgan fingerprint density at radius 2 is 2.29 bits per heavy atom. The second kappa shape index (κ2) is 5.75. The standard InChI is InChI=1S/C16H16N4O/c1-12-4-6-20-11-14(19-15(20)7-12)8-16(21)18-10-13-3-2-5-17-9-13/h2-7,9,11H,8,10H2,1H3,(H,18,21). The number of pyridine rings is 2. The fraction of sp³-hybridized carbons (Fsp3) is 0.188. The molecular formula is C16H16N4O. The Kier molecular flexibility index (Phi) is 3.64. The minimum atomic E-state index is -0.0426. The molecule has 3 rings (SSSR count). The van der Waals surface area contributed by atoms with Gasteiger partial charge in [0, 0.05) is 31.3 Å². The lowest BCUT2D eigenvalue weighted by Crippen LogP contribution is -2.24. The first-order valence-corrected chi connectivity index (χ1v) is 6.80. The SMILES string of the molecule is Cc1ccn2cc(CC(=O)NCc3cccnc3)nc2c1. The lowest BCUT2D eigenvalue weighted by Gasteiger charge is -2.03. The van der Waals surface area contributed by atoms with Gasteiger partial charge >= 0.3 is 0 Å². The highest BCUT2D eigenvalue weighted by atomic mass is 16.1. The van der Waals surface area contributed by atoms with Gasteiger partial charge in [0.15, 0.2) is 0 Å². The summed E-state index contributed by atoms with van der Waals surface area (Å²) in [6.45, 7) is 2.51. The van der Waals surface area contributed by atoms with Crippen molar-refractivity contribution in [3.8, 4) is 0 Å². The van der Waals surface area contributed by atoms with E-state index in [0.29, 0.717) is 6.54 Å². The van der Waals surface area contributed by atoms with Crippen molar-refractivity contribution in [3.63, 3.8) is 0 Å². The maximum absolute atomic E-state index is 11.9. The smallest absolute Gasteiger partial charge is 0.226 e. The number of rotatable bonds is 4. The van der Waals surface area contributed by atoms with E-state index in [1.165, 1.54) is 0 Å². The van der Waals surface area contributed by atoms with E-state index < -0.39 is 0 Å². The van der Waals surface area contributed by atoms with Gasteiger partial charge in [-0.1, -0.05) is 6.07 Å². The number of aromatic nitrogens is 3. The first-order chi connectivity index (χ1) is 10.2. The fourth-order valence-electron chi connectivity index (χ4n) is 2.15. The Bertz CT molecular complexity index is 764. The molecule has 21 heavy (non-hydrogen) atoms. The maximum atomic E-state index is 11.9. The Morgan fingerprint density at radius 1 is 1.38 bits per heavy atom. The molecule has 0 aliphatic heterocycles. The van der Waals surface area contributed by atoms with Crippen LogP contribution in [-0.4, -0.2) is 20.3 Å². The lowest BCUT2D eigenvalue weighted by atomic mass is 10.2. The molecule has 1 amide bonds. The molecule has 3 aromatic heterocycles. The Labute approximate surface area is 122 Å². The highest BCUT2D eigenvalue weighted by Gasteiger charge is 2.07. The van der Waals surface area contributed by atoms with Crippen molar-refractivity contribution in [2.24, 2.45) is 0 Å². The third-order valence-corrected chi connectivity index (χ3v) is 3.22. The van der Waals surface area contributed by atoms with Crippen LogP contribution < -0.4 is 5.32 Å². The minimum Gasteiger partial charge on any atom is -0.352 e. The molecular weight excluding hydrogens is 264 g/mol. The van der Waals surface area contributed by atoms with Crippen LogP contribution in [0.2, 0.25) is 0 Å². The number of hydrogen-bond donors (Lipinski definition) is 1. The van der Waals surface area contributed by atoms with Gasteiger partial charge in [-0.3, -0.25) is 9.78 Å². The molecule has 0 spiro atoms. The van der Waals surface area contributed by atoms with Gasteiger partial charge < -0.3 is 9.72 Å². The molecule has 0 atom stereocenters. The van der Waals surface area contributed by atoms with E-state index in [4.69, 9.17) is 0 Å². The quantitative estimate of drug-likeness (QED) is 0.794. The predicted molar refractivity (Wildman–Crippen MR) is 79.7 cm³/mol. The molecule has 106 valence electrons. The van der Waals surface area contributed by atoms with Gasteiger partial charge in [0.2, 0.25) is 5.91 Å². The molecule has 5 heteroatoms. The number of nitrogens with one attached hydrogen (secondary N) is 1. The normalized spacial score (nSPS) is 10.7. The number of nitrogens with zero attached hydrogens (tertiary/aromatic N) is 3. The summed E-state index contributed by atoms with van der Waals surface area (Å²) in [5, 5.41) is 2.87. The van der Waals surface area contributed by atoms with Gasteiger partial charge in [-0.2, -0.15) is 0 Å². The molecule has 3 heterocycles. The van der Waals surface area contributed by atoms with E-state index >= 15 is 0 Å². The number of amides is 1. The van der Waals surface area contributed by atoms with Crippen molar-refractivity contribution < 1.29 is 4.79 Å². The third kappa shape index (κ3) is 3.25. The molecule has 0 fully saturated rings. The number of fused-ring (bicyclic) bond motifs is 1. The van der Waals surface area contributed by atoms with Crippen LogP contribution in [0.5, 0.6) is 0 Å². The summed E-state index contributed by atoms with van der Waals surface area (Å²) in [6, 6.07) is 7.80. The minimum absolute atomic E-state index is 0.0426. The van der Waals surface area contributed by atoms with Crippen LogP contribution in [0.15, 0.2) is 49.1 Å². The van der Waals surface area contributed by atoms with E-state index in [2.05, 4.69) is 15.3 Å². The second-order valence-corrected chi connectivity index (χ2v) is 5.02. The molecule has 3 aromatic rings. The van der Waals surface area contributed by atoms with Crippen molar-refractivity contribution in [1.29, 1.82) is 0 Å². The van der Waals surface area contributed by atoms with Gasteiger partial charge in [0.05, 0.1) is 12.1 Å². The zero-order valence-corrected chi connectivity index (χ0v) is 11.8. The highest BCUT2D eigenvalue weighted by molar-refractivity contribution is 5.78. The number of carbonyl (C=O) groups excluding carboxylic acids is 1. The monoisotopic (exact) mass is 280 g/mol. The van der Waals surface area contributed by atoms with Crippen LogP contribution in [-0.2, 0) is 17.8 Å². The third-order valence-electron chi connectivity index (χ3n) is 3.22. The first-order valence-electron chi connectivity index (χ1n) is 6.80. The number of carbonyl (C=O) groups is 1. The van der Waals surface area contributed by atoms with Crippen LogP contribution >= 0.6 is 0 Å². The van der Waals surface area contributed by atoms with Crippen LogP contribution in [0.3, 0.4) is 0 Å². The number of hydrogen-bond acceptors (Lipinski definition) is 3. The lowest BCUT2D eigenvalue weighted by molar-refractivity contribution is -0.120. The molecule has 5 nitrogen and oxygen atoms in total. The summed E-state index contributed by atoms with van der Waals surface area (Å²) >= 11 is 0. The van der Waals surface area contributed by atoms with E-state index in [1.54, 1.807) is 12.4 Å². The van der Waals surface area contributed by atoms with E-state index in [-0.39, 0.29) is 12.3 Å². The largest absolute Gasteiger partial charge is 0.352 e. The van der Waals surface area contributed by atoms with Crippen molar-refractivity contribution in [2.45, 2.75) is 19.9 Å². The van der Waals surface area contributed by atoms with Crippen molar-refractivity contribution in [2.75, 3.05) is 0 Å². The summed E-state index contributed by atoms with van der Waals surface area (Å²) < 4.78 is 1.93. The van der Waals surface area contributed by atoms with Crippen LogP contribution in [0.1, 0.15) is 16.8 Å². The molecule has 0 bridgehead atoms. The summed E-state index contributed by atoms with van der Waals surface area (Å²) in [7, 11) is 0. The summed E-state index contributed by atoms with van der Waals surface area (Å²) in [5.41, 5.74) is 3.77. The first kappa shape index (κ1) is 13.3. The zero-order valence-electron chi connectivity index (χ0n) is 11.8.